The van der Waals surface area contributed by atoms with Crippen LogP contribution in [0.5, 0.6) is 0 Å². The summed E-state index contributed by atoms with van der Waals surface area (Å²) >= 11 is 0. The summed E-state index contributed by atoms with van der Waals surface area (Å²) in [6.45, 7) is 6.81. The molecule has 0 spiro atoms. The van der Waals surface area contributed by atoms with Gasteiger partial charge in [0.25, 0.3) is 5.91 Å². The molecule has 0 N–H and O–H groups in total. The molecule has 0 bridgehead atoms. The lowest BCUT2D eigenvalue weighted by atomic mass is 9.95. The molecule has 2 heterocycles. The Morgan fingerprint density at radius 3 is 2.46 bits per heavy atom. The molecule has 6 nitrogen and oxygen atoms in total. The first kappa shape index (κ1) is 18.7. The molecule has 1 aromatic carbocycles. The van der Waals surface area contributed by atoms with Crippen LogP contribution in [0.4, 0.5) is 5.69 Å². The van der Waals surface area contributed by atoms with E-state index < -0.39 is 0 Å². The van der Waals surface area contributed by atoms with Crippen LogP contribution in [-0.2, 0) is 9.53 Å². The molecule has 3 rings (SSSR count). The smallest absolute Gasteiger partial charge is 0.253 e. The highest BCUT2D eigenvalue weighted by atomic mass is 16.5. The van der Waals surface area contributed by atoms with Crippen LogP contribution in [0.1, 0.15) is 30.1 Å². The zero-order valence-corrected chi connectivity index (χ0v) is 15.8. The summed E-state index contributed by atoms with van der Waals surface area (Å²) in [6, 6.07) is 7.74. The number of likely N-dealkylation sites (tertiary alicyclic amines) is 1. The van der Waals surface area contributed by atoms with E-state index >= 15 is 0 Å². The van der Waals surface area contributed by atoms with Gasteiger partial charge in [0.1, 0.15) is 0 Å². The van der Waals surface area contributed by atoms with Crippen molar-refractivity contribution in [3.63, 3.8) is 0 Å². The Morgan fingerprint density at radius 1 is 1.12 bits per heavy atom. The number of hydrogen-bond donors (Lipinski definition) is 0. The number of rotatable bonds is 4. The van der Waals surface area contributed by atoms with E-state index in [-0.39, 0.29) is 17.7 Å². The molecule has 6 heteroatoms. The average molecular weight is 359 g/mol. The maximum absolute atomic E-state index is 12.9. The molecular formula is C20H29N3O3. The van der Waals surface area contributed by atoms with Crippen molar-refractivity contribution in [2.75, 3.05) is 57.9 Å². The van der Waals surface area contributed by atoms with Gasteiger partial charge in [-0.1, -0.05) is 0 Å². The maximum Gasteiger partial charge on any atom is 0.253 e. The molecule has 2 amide bonds. The Labute approximate surface area is 155 Å². The first-order valence-corrected chi connectivity index (χ1v) is 9.57. The normalized spacial score (nSPS) is 20.8. The summed E-state index contributed by atoms with van der Waals surface area (Å²) < 4.78 is 5.33. The Morgan fingerprint density at radius 2 is 1.81 bits per heavy atom. The van der Waals surface area contributed by atoms with E-state index in [2.05, 4.69) is 11.8 Å². The van der Waals surface area contributed by atoms with Crippen LogP contribution < -0.4 is 4.90 Å². The molecule has 142 valence electrons. The molecule has 26 heavy (non-hydrogen) atoms. The monoisotopic (exact) mass is 359 g/mol. The third-order valence-electron chi connectivity index (χ3n) is 5.41. The Bertz CT molecular complexity index is 626. The van der Waals surface area contributed by atoms with Crippen molar-refractivity contribution < 1.29 is 14.3 Å². The van der Waals surface area contributed by atoms with E-state index in [9.17, 15) is 9.59 Å². The number of ether oxygens (including phenoxy) is 1. The summed E-state index contributed by atoms with van der Waals surface area (Å²) in [5, 5.41) is 0. The lowest BCUT2D eigenvalue weighted by molar-refractivity contribution is -0.141. The van der Waals surface area contributed by atoms with Gasteiger partial charge in [-0.05, 0) is 44.0 Å². The third kappa shape index (κ3) is 4.18. The van der Waals surface area contributed by atoms with Gasteiger partial charge in [-0.2, -0.15) is 0 Å². The second-order valence-electron chi connectivity index (χ2n) is 7.09. The van der Waals surface area contributed by atoms with Gasteiger partial charge in [-0.25, -0.2) is 0 Å². The number of piperidine rings is 1. The molecule has 2 fully saturated rings. The molecule has 1 aromatic rings. The molecule has 1 atom stereocenters. The van der Waals surface area contributed by atoms with Crippen molar-refractivity contribution >= 4 is 17.5 Å². The van der Waals surface area contributed by atoms with Crippen molar-refractivity contribution in [3.05, 3.63) is 29.8 Å². The molecule has 1 unspecified atom stereocenters. The van der Waals surface area contributed by atoms with Crippen LogP contribution in [0.3, 0.4) is 0 Å². The third-order valence-corrected chi connectivity index (χ3v) is 5.41. The summed E-state index contributed by atoms with van der Waals surface area (Å²) in [5.74, 6) is 0.109. The highest BCUT2D eigenvalue weighted by Gasteiger charge is 2.32. The standard InChI is InChI=1S/C20H29N3O3/c1-3-21(2)18-8-6-16(7-9-18)19(24)23-10-4-5-17(15-23)20(25)22-11-13-26-14-12-22/h6-9,17H,3-5,10-15H2,1-2H3. The van der Waals surface area contributed by atoms with Crippen LogP contribution in [-0.4, -0.2) is 74.6 Å². The molecule has 0 aromatic heterocycles. The zero-order valence-electron chi connectivity index (χ0n) is 15.8. The number of amides is 2. The minimum Gasteiger partial charge on any atom is -0.378 e. The lowest BCUT2D eigenvalue weighted by Gasteiger charge is -2.36. The Kier molecular flexibility index (Phi) is 6.14. The van der Waals surface area contributed by atoms with Crippen molar-refractivity contribution in [3.8, 4) is 0 Å². The van der Waals surface area contributed by atoms with Gasteiger partial charge >= 0.3 is 0 Å². The lowest BCUT2D eigenvalue weighted by Crippen LogP contribution is -2.49. The van der Waals surface area contributed by atoms with E-state index in [0.29, 0.717) is 38.4 Å². The van der Waals surface area contributed by atoms with Gasteiger partial charge in [0.15, 0.2) is 0 Å². The predicted octanol–water partition coefficient (Wildman–Crippen LogP) is 1.85. The first-order chi connectivity index (χ1) is 12.6. The van der Waals surface area contributed by atoms with Crippen molar-refractivity contribution in [2.45, 2.75) is 19.8 Å². The van der Waals surface area contributed by atoms with Crippen LogP contribution in [0.15, 0.2) is 24.3 Å². The van der Waals surface area contributed by atoms with Crippen LogP contribution in [0, 0.1) is 5.92 Å². The maximum atomic E-state index is 12.9. The second kappa shape index (κ2) is 8.54. The van der Waals surface area contributed by atoms with Gasteiger partial charge in [0, 0.05) is 51.0 Å². The van der Waals surface area contributed by atoms with Crippen molar-refractivity contribution in [1.29, 1.82) is 0 Å². The molecule has 2 saturated heterocycles. The molecule has 0 radical (unpaired) electrons. The zero-order chi connectivity index (χ0) is 18.5. The number of hydrogen-bond acceptors (Lipinski definition) is 4. The van der Waals surface area contributed by atoms with E-state index in [1.165, 1.54) is 0 Å². The number of benzene rings is 1. The van der Waals surface area contributed by atoms with Gasteiger partial charge in [-0.15, -0.1) is 0 Å². The Hall–Kier alpha value is -2.08. The van der Waals surface area contributed by atoms with Crippen LogP contribution >= 0.6 is 0 Å². The molecule has 2 aliphatic rings. The molecule has 0 saturated carbocycles. The van der Waals surface area contributed by atoms with E-state index in [1.807, 2.05) is 41.1 Å². The topological polar surface area (TPSA) is 53.1 Å². The highest BCUT2D eigenvalue weighted by Crippen LogP contribution is 2.22. The average Bonchev–Trinajstić information content (AvgIpc) is 2.73. The van der Waals surface area contributed by atoms with Gasteiger partial charge in [0.2, 0.25) is 5.91 Å². The minimum absolute atomic E-state index is 0.0233. The quantitative estimate of drug-likeness (QED) is 0.823. The fourth-order valence-corrected chi connectivity index (χ4v) is 3.63. The van der Waals surface area contributed by atoms with Gasteiger partial charge in [-0.3, -0.25) is 9.59 Å². The van der Waals surface area contributed by atoms with Crippen molar-refractivity contribution in [1.82, 2.24) is 9.80 Å². The number of morpholine rings is 1. The Balaban J connectivity index is 1.63. The first-order valence-electron chi connectivity index (χ1n) is 9.57. The van der Waals surface area contributed by atoms with E-state index in [1.54, 1.807) is 0 Å². The fourth-order valence-electron chi connectivity index (χ4n) is 3.63. The minimum atomic E-state index is -0.0868. The van der Waals surface area contributed by atoms with Crippen molar-refractivity contribution in [2.24, 2.45) is 5.92 Å². The number of carbonyl (C=O) groups excluding carboxylic acids is 2. The van der Waals surface area contributed by atoms with Gasteiger partial charge in [0.05, 0.1) is 19.1 Å². The fraction of sp³-hybridized carbons (Fsp3) is 0.600. The van der Waals surface area contributed by atoms with Crippen LogP contribution in [0.2, 0.25) is 0 Å². The SMILES string of the molecule is CCN(C)c1ccc(C(=O)N2CCCC(C(=O)N3CCOCC3)C2)cc1. The number of anilines is 1. The van der Waals surface area contributed by atoms with E-state index in [0.717, 1.165) is 31.6 Å². The number of nitrogens with zero attached hydrogens (tertiary/aromatic N) is 3. The largest absolute Gasteiger partial charge is 0.378 e. The highest BCUT2D eigenvalue weighted by molar-refractivity contribution is 5.95. The summed E-state index contributed by atoms with van der Waals surface area (Å²) in [6.07, 6.45) is 1.74. The number of carbonyl (C=O) groups is 2. The summed E-state index contributed by atoms with van der Waals surface area (Å²) in [5.41, 5.74) is 1.79. The second-order valence-corrected chi connectivity index (χ2v) is 7.09. The predicted molar refractivity (Wildman–Crippen MR) is 101 cm³/mol. The van der Waals surface area contributed by atoms with Crippen LogP contribution in [0.25, 0.3) is 0 Å². The molecular weight excluding hydrogens is 330 g/mol. The van der Waals surface area contributed by atoms with E-state index in [4.69, 9.17) is 4.74 Å². The molecule has 2 aliphatic heterocycles. The molecule has 0 aliphatic carbocycles. The van der Waals surface area contributed by atoms with Gasteiger partial charge < -0.3 is 19.4 Å². The summed E-state index contributed by atoms with van der Waals surface area (Å²) in [4.78, 5) is 31.5. The summed E-state index contributed by atoms with van der Waals surface area (Å²) in [7, 11) is 2.03.